The molecular formula is C31H19NO4. The SMILES string of the molecule is [2H]C([2H])([2H])N(C(=O)OCC1c2ccccc2-c2ccccc21)C(=C=C=C=C=C=C=C=C=C=C=C=C)CC(=O)O. The lowest BCUT2D eigenvalue weighted by Gasteiger charge is -2.20. The summed E-state index contributed by atoms with van der Waals surface area (Å²) >= 11 is 0. The normalized spacial score (nSPS) is 11.3. The lowest BCUT2D eigenvalue weighted by Crippen LogP contribution is -2.29. The van der Waals surface area contributed by atoms with E-state index in [9.17, 15) is 14.7 Å². The van der Waals surface area contributed by atoms with Gasteiger partial charge in [0.2, 0.25) is 0 Å². The van der Waals surface area contributed by atoms with Crippen molar-refractivity contribution in [3.63, 3.8) is 0 Å². The van der Waals surface area contributed by atoms with Crippen molar-refractivity contribution in [2.45, 2.75) is 12.3 Å². The summed E-state index contributed by atoms with van der Waals surface area (Å²) in [6.07, 6.45) is -2.09. The molecule has 0 saturated carbocycles. The predicted molar refractivity (Wildman–Crippen MR) is 133 cm³/mol. The van der Waals surface area contributed by atoms with Crippen molar-refractivity contribution in [3.8, 4) is 11.1 Å². The van der Waals surface area contributed by atoms with Crippen molar-refractivity contribution >= 4 is 12.1 Å². The number of benzene rings is 2. The van der Waals surface area contributed by atoms with Gasteiger partial charge in [-0.1, -0.05) is 54.3 Å². The van der Waals surface area contributed by atoms with Crippen molar-refractivity contribution in [2.75, 3.05) is 13.6 Å². The Labute approximate surface area is 212 Å². The van der Waals surface area contributed by atoms with Gasteiger partial charge < -0.3 is 9.84 Å². The summed E-state index contributed by atoms with van der Waals surface area (Å²) in [5.41, 5.74) is 29.6. The zero-order valence-corrected chi connectivity index (χ0v) is 18.9. The maximum absolute atomic E-state index is 13.0. The monoisotopic (exact) mass is 472 g/mol. The van der Waals surface area contributed by atoms with Gasteiger partial charge >= 0.3 is 12.1 Å². The molecule has 5 heteroatoms. The average Bonchev–Trinajstić information content (AvgIpc) is 3.21. The van der Waals surface area contributed by atoms with E-state index in [2.05, 4.69) is 69.6 Å². The first-order valence-corrected chi connectivity index (χ1v) is 10.5. The zero-order valence-electron chi connectivity index (χ0n) is 21.9. The van der Waals surface area contributed by atoms with Gasteiger partial charge in [-0.25, -0.2) is 4.79 Å². The minimum Gasteiger partial charge on any atom is -0.481 e. The Bertz CT molecular complexity index is 1700. The molecular weight excluding hydrogens is 450 g/mol. The zero-order chi connectivity index (χ0) is 28.3. The van der Waals surface area contributed by atoms with E-state index < -0.39 is 31.2 Å². The Balaban J connectivity index is 1.99. The molecule has 0 unspecified atom stereocenters. The second-order valence-electron chi connectivity index (χ2n) is 7.08. The molecule has 1 aliphatic carbocycles. The standard InChI is InChI=1S/C31H19NO4/c1-3-4-5-6-7-8-9-10-11-12-17-24(22-30(33)34)32(2)31(35)36-23-29-27-20-15-13-18-25(27)26-19-14-16-21-28(26)29/h13-16,18-21,29H,1,22-23H2,2H3,(H,33,34)/i2D3. The van der Waals surface area contributed by atoms with Crippen molar-refractivity contribution in [1.29, 1.82) is 0 Å². The number of carboxylic acid groups (broad SMARTS) is 1. The molecule has 36 heavy (non-hydrogen) atoms. The number of fused-ring (bicyclic) bond motifs is 3. The number of amides is 1. The lowest BCUT2D eigenvalue weighted by molar-refractivity contribution is -0.136. The molecule has 5 nitrogen and oxygen atoms in total. The first-order valence-electron chi connectivity index (χ1n) is 12.0. The summed E-state index contributed by atoms with van der Waals surface area (Å²) in [4.78, 5) is 24.8. The fourth-order valence-electron chi connectivity index (χ4n) is 3.46. The summed E-state index contributed by atoms with van der Waals surface area (Å²) in [5.74, 6) is -1.71. The van der Waals surface area contributed by atoms with Gasteiger partial charge in [0, 0.05) is 17.0 Å². The van der Waals surface area contributed by atoms with Crippen molar-refractivity contribution in [3.05, 3.63) is 135 Å². The lowest BCUT2D eigenvalue weighted by atomic mass is 9.98. The summed E-state index contributed by atoms with van der Waals surface area (Å²) in [5, 5.41) is 9.32. The number of carboxylic acids is 1. The number of carbonyl (C=O) groups excluding carboxylic acids is 1. The fourth-order valence-corrected chi connectivity index (χ4v) is 3.46. The van der Waals surface area contributed by atoms with Crippen LogP contribution in [0.25, 0.3) is 11.1 Å². The summed E-state index contributed by atoms with van der Waals surface area (Å²) in [6.45, 7) is 0.0823. The van der Waals surface area contributed by atoms with E-state index in [4.69, 9.17) is 8.85 Å². The first kappa shape index (κ1) is 21.1. The molecule has 2 aromatic carbocycles. The molecule has 1 aliphatic rings. The van der Waals surface area contributed by atoms with Crippen LogP contribution in [0.15, 0.2) is 124 Å². The Morgan fingerprint density at radius 2 is 1.44 bits per heavy atom. The minimum absolute atomic E-state index is 0.154. The molecule has 0 radical (unpaired) electrons. The molecule has 172 valence electrons. The Hall–Kier alpha value is -5.50. The third-order valence-corrected chi connectivity index (χ3v) is 4.90. The highest BCUT2D eigenvalue weighted by atomic mass is 16.6. The Morgan fingerprint density at radius 1 is 0.917 bits per heavy atom. The molecule has 1 amide bonds. The molecule has 3 rings (SSSR count). The number of ether oxygens (including phenoxy) is 1. The van der Waals surface area contributed by atoms with Crippen LogP contribution < -0.4 is 0 Å². The minimum atomic E-state index is -3.06. The number of rotatable bonds is 5. The topological polar surface area (TPSA) is 66.8 Å². The molecule has 0 aliphatic heterocycles. The quantitative estimate of drug-likeness (QED) is 0.579. The van der Waals surface area contributed by atoms with Gasteiger partial charge in [-0.15, -0.1) is 0 Å². The van der Waals surface area contributed by atoms with E-state index in [0.717, 1.165) is 22.3 Å². The maximum Gasteiger partial charge on any atom is 0.414 e. The van der Waals surface area contributed by atoms with Crippen LogP contribution in [0.2, 0.25) is 0 Å². The second kappa shape index (κ2) is 12.7. The Morgan fingerprint density at radius 3 is 1.97 bits per heavy atom. The number of nitrogens with zero attached hydrogens (tertiary/aromatic N) is 1. The fraction of sp³-hybridized carbons (Fsp3) is 0.129. The molecule has 0 atom stereocenters. The van der Waals surface area contributed by atoms with E-state index in [1.165, 1.54) is 0 Å². The van der Waals surface area contributed by atoms with Crippen molar-refractivity contribution in [2.24, 2.45) is 0 Å². The van der Waals surface area contributed by atoms with Gasteiger partial charge in [-0.3, -0.25) is 9.69 Å². The van der Waals surface area contributed by atoms with E-state index in [-0.39, 0.29) is 17.4 Å². The van der Waals surface area contributed by atoms with E-state index >= 15 is 0 Å². The predicted octanol–water partition coefficient (Wildman–Crippen LogP) is 5.56. The highest BCUT2D eigenvalue weighted by Crippen LogP contribution is 2.44. The molecule has 0 fully saturated rings. The molecule has 0 aromatic heterocycles. The summed E-state index contributed by atoms with van der Waals surface area (Å²) in [6, 6.07) is 15.3. The van der Waals surface area contributed by atoms with Gasteiger partial charge in [-0.2, -0.15) is 0 Å². The third kappa shape index (κ3) is 6.52. The smallest absolute Gasteiger partial charge is 0.414 e. The van der Waals surface area contributed by atoms with Gasteiger partial charge in [0.25, 0.3) is 0 Å². The number of hydrogen-bond acceptors (Lipinski definition) is 3. The molecule has 0 saturated heterocycles. The average molecular weight is 473 g/mol. The molecule has 1 N–H and O–H groups in total. The number of aliphatic carboxylic acids is 1. The van der Waals surface area contributed by atoms with Gasteiger partial charge in [0.05, 0.1) is 12.1 Å². The van der Waals surface area contributed by atoms with Crippen LogP contribution in [0.5, 0.6) is 0 Å². The largest absolute Gasteiger partial charge is 0.481 e. The van der Waals surface area contributed by atoms with Gasteiger partial charge in [0.15, 0.2) is 0 Å². The van der Waals surface area contributed by atoms with Crippen molar-refractivity contribution in [1.82, 2.24) is 4.90 Å². The number of hydrogen-bond donors (Lipinski definition) is 1. The van der Waals surface area contributed by atoms with Crippen LogP contribution in [0.1, 0.15) is 27.6 Å². The Kier molecular flexibility index (Phi) is 7.41. The van der Waals surface area contributed by atoms with Crippen LogP contribution in [0, 0.1) is 0 Å². The van der Waals surface area contributed by atoms with Crippen LogP contribution in [0.4, 0.5) is 4.79 Å². The van der Waals surface area contributed by atoms with Crippen LogP contribution in [-0.2, 0) is 9.53 Å². The highest BCUT2D eigenvalue weighted by molar-refractivity contribution is 5.79. The third-order valence-electron chi connectivity index (χ3n) is 4.90. The molecule has 2 aromatic rings. The molecule has 0 heterocycles. The highest BCUT2D eigenvalue weighted by Gasteiger charge is 2.29. The van der Waals surface area contributed by atoms with E-state index in [1.54, 1.807) is 0 Å². The summed E-state index contributed by atoms with van der Waals surface area (Å²) < 4.78 is 29.0. The maximum atomic E-state index is 13.0. The number of carbonyl (C=O) groups is 2. The molecule has 0 spiro atoms. The van der Waals surface area contributed by atoms with Crippen LogP contribution >= 0.6 is 0 Å². The second-order valence-corrected chi connectivity index (χ2v) is 7.08. The molecule has 0 bridgehead atoms. The van der Waals surface area contributed by atoms with Crippen molar-refractivity contribution < 1.29 is 23.5 Å². The van der Waals surface area contributed by atoms with Gasteiger partial charge in [-0.05, 0) is 86.1 Å². The van der Waals surface area contributed by atoms with Crippen LogP contribution in [0.3, 0.4) is 0 Å². The van der Waals surface area contributed by atoms with Gasteiger partial charge in [0.1, 0.15) is 6.61 Å². The van der Waals surface area contributed by atoms with Crippen LogP contribution in [-0.4, -0.2) is 35.7 Å². The first-order chi connectivity index (χ1) is 18.7. The summed E-state index contributed by atoms with van der Waals surface area (Å²) in [7, 11) is 0. The van der Waals surface area contributed by atoms with E-state index in [0.29, 0.717) is 0 Å². The van der Waals surface area contributed by atoms with E-state index in [1.807, 2.05) is 48.5 Å².